The van der Waals surface area contributed by atoms with Gasteiger partial charge in [-0.05, 0) is 24.6 Å². The van der Waals surface area contributed by atoms with Crippen LogP contribution in [0.4, 0.5) is 0 Å². The van der Waals surface area contributed by atoms with Crippen LogP contribution in [-0.2, 0) is 32.0 Å². The summed E-state index contributed by atoms with van der Waals surface area (Å²) in [6.45, 7) is 3.38. The fourth-order valence-electron chi connectivity index (χ4n) is 4.74. The molecule has 0 radical (unpaired) electrons. The van der Waals surface area contributed by atoms with E-state index in [1.807, 2.05) is 72.6 Å². The van der Waals surface area contributed by atoms with Crippen LogP contribution < -0.4 is 0 Å². The minimum Gasteiger partial charge on any atom is -0.338 e. The standard InChI is InChI=1S/C25H29N3O4/c1-26-12-14-27(15-13-26)23(29)21-22-24(30)28(17-19-10-6-3-7-11-19)20(25(31-21)32-22)16-18-8-4-2-5-9-18/h2-11,20-22,25H,12-17H2,1H3/t20-,21-,22+,25+/m1/s1. The van der Waals surface area contributed by atoms with Crippen LogP contribution in [0.15, 0.2) is 60.7 Å². The molecule has 32 heavy (non-hydrogen) atoms. The Morgan fingerprint density at radius 1 is 0.906 bits per heavy atom. The van der Waals surface area contributed by atoms with Crippen LogP contribution in [0, 0.1) is 0 Å². The van der Waals surface area contributed by atoms with Crippen molar-refractivity contribution < 1.29 is 19.1 Å². The van der Waals surface area contributed by atoms with Crippen molar-refractivity contribution in [1.82, 2.24) is 14.7 Å². The molecule has 0 saturated carbocycles. The van der Waals surface area contributed by atoms with Crippen LogP contribution in [-0.4, -0.2) is 84.3 Å². The second kappa shape index (κ2) is 9.02. The van der Waals surface area contributed by atoms with Crippen molar-refractivity contribution in [3.63, 3.8) is 0 Å². The van der Waals surface area contributed by atoms with Crippen LogP contribution in [0.25, 0.3) is 0 Å². The molecule has 0 unspecified atom stereocenters. The molecule has 7 nitrogen and oxygen atoms in total. The van der Waals surface area contributed by atoms with E-state index in [1.165, 1.54) is 0 Å². The van der Waals surface area contributed by atoms with Gasteiger partial charge in [0.25, 0.3) is 11.8 Å². The zero-order chi connectivity index (χ0) is 22.1. The van der Waals surface area contributed by atoms with Gasteiger partial charge in [-0.15, -0.1) is 0 Å². The van der Waals surface area contributed by atoms with Crippen molar-refractivity contribution in [3.05, 3.63) is 71.8 Å². The molecule has 3 heterocycles. The highest BCUT2D eigenvalue weighted by atomic mass is 16.7. The number of rotatable bonds is 5. The number of carbonyl (C=O) groups excluding carboxylic acids is 2. The Bertz CT molecular complexity index is 946. The number of morpholine rings is 1. The minimum atomic E-state index is -0.886. The van der Waals surface area contributed by atoms with Gasteiger partial charge in [0, 0.05) is 32.7 Å². The maximum Gasteiger partial charge on any atom is 0.255 e. The first kappa shape index (κ1) is 21.1. The minimum absolute atomic E-state index is 0.140. The highest BCUT2D eigenvalue weighted by Gasteiger charge is 2.56. The Balaban J connectivity index is 1.40. The molecule has 2 aromatic carbocycles. The molecule has 7 heteroatoms. The molecule has 0 spiro atoms. The molecule has 0 N–H and O–H groups in total. The topological polar surface area (TPSA) is 62.3 Å². The van der Waals surface area contributed by atoms with Gasteiger partial charge >= 0.3 is 0 Å². The number of hydrogen-bond donors (Lipinski definition) is 0. The Hall–Kier alpha value is -2.74. The predicted octanol–water partition coefficient (Wildman–Crippen LogP) is 1.52. The van der Waals surface area contributed by atoms with Gasteiger partial charge < -0.3 is 24.2 Å². The zero-order valence-electron chi connectivity index (χ0n) is 18.3. The first-order valence-electron chi connectivity index (χ1n) is 11.3. The maximum atomic E-state index is 13.6. The quantitative estimate of drug-likeness (QED) is 0.713. The van der Waals surface area contributed by atoms with Gasteiger partial charge in [-0.3, -0.25) is 9.59 Å². The van der Waals surface area contributed by atoms with Crippen molar-refractivity contribution in [2.75, 3.05) is 33.2 Å². The van der Waals surface area contributed by atoms with E-state index in [-0.39, 0.29) is 17.9 Å². The third-order valence-electron chi connectivity index (χ3n) is 6.62. The molecule has 168 valence electrons. The molecule has 4 atom stereocenters. The number of nitrogens with zero attached hydrogens (tertiary/aromatic N) is 3. The first-order valence-corrected chi connectivity index (χ1v) is 11.3. The largest absolute Gasteiger partial charge is 0.338 e. The number of benzene rings is 2. The molecule has 3 saturated heterocycles. The van der Waals surface area contributed by atoms with E-state index in [0.717, 1.165) is 24.2 Å². The van der Waals surface area contributed by atoms with E-state index < -0.39 is 18.5 Å². The zero-order valence-corrected chi connectivity index (χ0v) is 18.3. The summed E-state index contributed by atoms with van der Waals surface area (Å²) in [6.07, 6.45) is -1.78. The van der Waals surface area contributed by atoms with E-state index in [9.17, 15) is 9.59 Å². The molecule has 3 aliphatic heterocycles. The van der Waals surface area contributed by atoms with Crippen molar-refractivity contribution in [2.24, 2.45) is 0 Å². The smallest absolute Gasteiger partial charge is 0.255 e. The summed E-state index contributed by atoms with van der Waals surface area (Å²) in [4.78, 5) is 32.7. The number of fused-ring (bicyclic) bond motifs is 2. The SMILES string of the molecule is CN1CCN(C(=O)[C@@H]2O[C@H]3O[C@@H]2C(=O)N(Cc2ccccc2)[C@@H]3Cc2ccccc2)CC1. The van der Waals surface area contributed by atoms with Crippen molar-refractivity contribution in [1.29, 1.82) is 0 Å². The summed E-state index contributed by atoms with van der Waals surface area (Å²) in [5, 5.41) is 0. The van der Waals surface area contributed by atoms with Crippen LogP contribution in [0.3, 0.4) is 0 Å². The Labute approximate surface area is 188 Å². The lowest BCUT2D eigenvalue weighted by molar-refractivity contribution is -0.177. The Morgan fingerprint density at radius 3 is 2.19 bits per heavy atom. The third kappa shape index (κ3) is 4.16. The van der Waals surface area contributed by atoms with Gasteiger partial charge in [-0.25, -0.2) is 0 Å². The molecule has 2 amide bonds. The fourth-order valence-corrected chi connectivity index (χ4v) is 4.74. The lowest BCUT2D eigenvalue weighted by Crippen LogP contribution is -2.57. The number of ether oxygens (including phenoxy) is 2. The molecule has 3 aliphatic rings. The number of piperazine rings is 1. The van der Waals surface area contributed by atoms with Gasteiger partial charge in [0.1, 0.15) is 0 Å². The second-order valence-corrected chi connectivity index (χ2v) is 8.82. The Kier molecular flexibility index (Phi) is 5.95. The summed E-state index contributed by atoms with van der Waals surface area (Å²) < 4.78 is 12.2. The molecule has 3 fully saturated rings. The highest BCUT2D eigenvalue weighted by molar-refractivity contribution is 5.92. The summed E-state index contributed by atoms with van der Waals surface area (Å²) >= 11 is 0. The third-order valence-corrected chi connectivity index (χ3v) is 6.62. The van der Waals surface area contributed by atoms with Crippen LogP contribution in [0.2, 0.25) is 0 Å². The predicted molar refractivity (Wildman–Crippen MR) is 119 cm³/mol. The molecule has 2 bridgehead atoms. The number of amides is 2. The molecule has 0 aliphatic carbocycles. The van der Waals surface area contributed by atoms with E-state index in [2.05, 4.69) is 4.90 Å². The molecule has 2 aromatic rings. The van der Waals surface area contributed by atoms with E-state index in [0.29, 0.717) is 26.1 Å². The normalized spacial score (nSPS) is 28.2. The molecular formula is C25H29N3O4. The lowest BCUT2D eigenvalue weighted by Gasteiger charge is -2.39. The van der Waals surface area contributed by atoms with E-state index in [4.69, 9.17) is 9.47 Å². The summed E-state index contributed by atoms with van der Waals surface area (Å²) in [7, 11) is 2.04. The van der Waals surface area contributed by atoms with E-state index >= 15 is 0 Å². The molecule has 5 rings (SSSR count). The highest BCUT2D eigenvalue weighted by Crippen LogP contribution is 2.35. The molecular weight excluding hydrogens is 406 g/mol. The Morgan fingerprint density at radius 2 is 1.53 bits per heavy atom. The average molecular weight is 436 g/mol. The fraction of sp³-hybridized carbons (Fsp3) is 0.440. The summed E-state index contributed by atoms with van der Waals surface area (Å²) in [5.74, 6) is -0.310. The van der Waals surface area contributed by atoms with Crippen LogP contribution in [0.5, 0.6) is 0 Å². The van der Waals surface area contributed by atoms with Gasteiger partial charge in [-0.1, -0.05) is 60.7 Å². The van der Waals surface area contributed by atoms with Crippen molar-refractivity contribution in [3.8, 4) is 0 Å². The monoisotopic (exact) mass is 435 g/mol. The van der Waals surface area contributed by atoms with Crippen LogP contribution in [0.1, 0.15) is 11.1 Å². The van der Waals surface area contributed by atoms with Gasteiger partial charge in [0.15, 0.2) is 18.5 Å². The summed E-state index contributed by atoms with van der Waals surface area (Å²) in [6, 6.07) is 19.7. The first-order chi connectivity index (χ1) is 15.6. The van der Waals surface area contributed by atoms with Gasteiger partial charge in [0.2, 0.25) is 0 Å². The van der Waals surface area contributed by atoms with Crippen LogP contribution >= 0.6 is 0 Å². The molecule has 0 aromatic heterocycles. The second-order valence-electron chi connectivity index (χ2n) is 8.82. The average Bonchev–Trinajstić information content (AvgIpc) is 3.23. The van der Waals surface area contributed by atoms with Gasteiger partial charge in [-0.2, -0.15) is 0 Å². The summed E-state index contributed by atoms with van der Waals surface area (Å²) in [5.41, 5.74) is 2.14. The lowest BCUT2D eigenvalue weighted by atomic mass is 10.0. The van der Waals surface area contributed by atoms with E-state index in [1.54, 1.807) is 4.90 Å². The number of hydrogen-bond acceptors (Lipinski definition) is 5. The number of carbonyl (C=O) groups is 2. The van der Waals surface area contributed by atoms with Crippen molar-refractivity contribution in [2.45, 2.75) is 37.5 Å². The van der Waals surface area contributed by atoms with Crippen molar-refractivity contribution >= 4 is 11.8 Å². The number of likely N-dealkylation sites (N-methyl/N-ethyl adjacent to an activating group) is 1. The maximum absolute atomic E-state index is 13.6. The van der Waals surface area contributed by atoms with Gasteiger partial charge in [0.05, 0.1) is 6.04 Å².